The zero-order valence-corrected chi connectivity index (χ0v) is 13.5. The number of anilines is 1. The summed E-state index contributed by atoms with van der Waals surface area (Å²) < 4.78 is 27.2. The summed E-state index contributed by atoms with van der Waals surface area (Å²) in [5.74, 6) is -1.14. The lowest BCUT2D eigenvalue weighted by atomic mass is 10.1. The van der Waals surface area contributed by atoms with Gasteiger partial charge in [-0.1, -0.05) is 23.7 Å². The van der Waals surface area contributed by atoms with E-state index in [1.807, 2.05) is 0 Å². The minimum Gasteiger partial charge on any atom is -0.480 e. The zero-order chi connectivity index (χ0) is 17.0. The van der Waals surface area contributed by atoms with Gasteiger partial charge in [-0.05, 0) is 48.4 Å². The number of hydrogen-bond donors (Lipinski definition) is 3. The number of nitrogens with one attached hydrogen (secondary N) is 1. The van der Waals surface area contributed by atoms with E-state index < -0.39 is 22.0 Å². The Balaban J connectivity index is 2.22. The summed E-state index contributed by atoms with van der Waals surface area (Å²) in [6.45, 7) is 0. The molecule has 23 heavy (non-hydrogen) atoms. The molecule has 0 saturated carbocycles. The Bertz CT molecular complexity index is 806. The first-order valence-corrected chi connectivity index (χ1v) is 8.50. The molecule has 0 heterocycles. The van der Waals surface area contributed by atoms with E-state index in [0.717, 1.165) is 0 Å². The van der Waals surface area contributed by atoms with Gasteiger partial charge in [0.1, 0.15) is 6.04 Å². The molecule has 0 amide bonds. The summed E-state index contributed by atoms with van der Waals surface area (Å²) in [7, 11) is -3.79. The first kappa shape index (κ1) is 17.3. The number of benzene rings is 2. The van der Waals surface area contributed by atoms with Gasteiger partial charge in [0.2, 0.25) is 0 Å². The molecule has 0 radical (unpaired) electrons. The number of carboxylic acids is 1. The highest BCUT2D eigenvalue weighted by Gasteiger charge is 2.17. The number of aliphatic carboxylic acids is 1. The van der Waals surface area contributed by atoms with Crippen molar-refractivity contribution in [2.24, 2.45) is 5.73 Å². The van der Waals surface area contributed by atoms with Crippen molar-refractivity contribution in [1.82, 2.24) is 0 Å². The van der Waals surface area contributed by atoms with Gasteiger partial charge in [-0.25, -0.2) is 8.42 Å². The minimum absolute atomic E-state index is 0.0301. The molecule has 2 aromatic rings. The second-order valence-corrected chi connectivity index (χ2v) is 7.03. The van der Waals surface area contributed by atoms with Gasteiger partial charge >= 0.3 is 5.97 Å². The van der Waals surface area contributed by atoms with E-state index in [4.69, 9.17) is 22.4 Å². The van der Waals surface area contributed by atoms with Gasteiger partial charge in [0.05, 0.1) is 4.90 Å². The first-order chi connectivity index (χ1) is 10.8. The van der Waals surface area contributed by atoms with E-state index in [2.05, 4.69) is 4.72 Å². The van der Waals surface area contributed by atoms with Crippen LogP contribution in [0.3, 0.4) is 0 Å². The van der Waals surface area contributed by atoms with Crippen molar-refractivity contribution >= 4 is 33.3 Å². The lowest BCUT2D eigenvalue weighted by Crippen LogP contribution is -2.32. The van der Waals surface area contributed by atoms with Crippen molar-refractivity contribution in [3.8, 4) is 0 Å². The van der Waals surface area contributed by atoms with Crippen molar-refractivity contribution < 1.29 is 18.3 Å². The predicted molar refractivity (Wildman–Crippen MR) is 88.0 cm³/mol. The van der Waals surface area contributed by atoms with E-state index in [0.29, 0.717) is 16.3 Å². The van der Waals surface area contributed by atoms with Crippen LogP contribution in [0.25, 0.3) is 0 Å². The van der Waals surface area contributed by atoms with Crippen LogP contribution in [0, 0.1) is 0 Å². The highest BCUT2D eigenvalue weighted by atomic mass is 35.5. The topological polar surface area (TPSA) is 109 Å². The largest absolute Gasteiger partial charge is 0.480 e. The predicted octanol–water partition coefficient (Wildman–Crippen LogP) is 2.10. The summed E-state index contributed by atoms with van der Waals surface area (Å²) in [4.78, 5) is 10.8. The zero-order valence-electron chi connectivity index (χ0n) is 11.9. The van der Waals surface area contributed by atoms with Gasteiger partial charge < -0.3 is 10.8 Å². The third-order valence-corrected chi connectivity index (χ3v) is 4.71. The number of rotatable bonds is 6. The maximum atomic E-state index is 12.4. The Hall–Kier alpha value is -2.09. The molecular formula is C15H15ClN2O4S. The van der Waals surface area contributed by atoms with Gasteiger partial charge in [0.15, 0.2) is 0 Å². The Labute approximate surface area is 138 Å². The molecule has 0 spiro atoms. The SMILES string of the molecule is N[C@@H](Cc1cccc(S(=O)(=O)Nc2ccc(Cl)cc2)c1)C(=O)O. The number of carbonyl (C=O) groups is 1. The van der Waals surface area contributed by atoms with Crippen LogP contribution in [-0.4, -0.2) is 25.5 Å². The molecule has 0 aliphatic rings. The van der Waals surface area contributed by atoms with Crippen LogP contribution in [0.15, 0.2) is 53.4 Å². The molecule has 8 heteroatoms. The van der Waals surface area contributed by atoms with Crippen molar-refractivity contribution in [3.63, 3.8) is 0 Å². The molecule has 0 fully saturated rings. The molecule has 0 unspecified atom stereocenters. The number of halogens is 1. The molecule has 0 aromatic heterocycles. The number of nitrogens with two attached hydrogens (primary N) is 1. The van der Waals surface area contributed by atoms with E-state index in [9.17, 15) is 13.2 Å². The average Bonchev–Trinajstić information content (AvgIpc) is 2.49. The van der Waals surface area contributed by atoms with Crippen molar-refractivity contribution in [2.75, 3.05) is 4.72 Å². The summed E-state index contributed by atoms with van der Waals surface area (Å²) >= 11 is 5.76. The normalized spacial score (nSPS) is 12.6. The van der Waals surface area contributed by atoms with Gasteiger partial charge in [-0.15, -0.1) is 0 Å². The fourth-order valence-electron chi connectivity index (χ4n) is 1.91. The van der Waals surface area contributed by atoms with Crippen LogP contribution >= 0.6 is 11.6 Å². The Morgan fingerprint density at radius 1 is 1.22 bits per heavy atom. The van der Waals surface area contributed by atoms with Gasteiger partial charge in [0, 0.05) is 10.7 Å². The Morgan fingerprint density at radius 3 is 2.48 bits per heavy atom. The maximum Gasteiger partial charge on any atom is 0.320 e. The third kappa shape index (κ3) is 4.69. The Kier molecular flexibility index (Phi) is 5.25. The van der Waals surface area contributed by atoms with E-state index in [1.54, 1.807) is 36.4 Å². The smallest absolute Gasteiger partial charge is 0.320 e. The molecule has 1 atom stereocenters. The fraction of sp³-hybridized carbons (Fsp3) is 0.133. The Morgan fingerprint density at radius 2 is 1.87 bits per heavy atom. The molecule has 0 bridgehead atoms. The fourth-order valence-corrected chi connectivity index (χ4v) is 3.17. The summed E-state index contributed by atoms with van der Waals surface area (Å²) in [6.07, 6.45) is 0.0413. The van der Waals surface area contributed by atoms with Crippen LogP contribution in [0.1, 0.15) is 5.56 Å². The standard InChI is InChI=1S/C15H15ClN2O4S/c16-11-4-6-12(7-5-11)18-23(21,22)13-3-1-2-10(8-13)9-14(17)15(19)20/h1-8,14,18H,9,17H2,(H,19,20)/t14-/m0/s1. The van der Waals surface area contributed by atoms with E-state index >= 15 is 0 Å². The molecular weight excluding hydrogens is 340 g/mol. The van der Waals surface area contributed by atoms with Gasteiger partial charge in [-0.3, -0.25) is 9.52 Å². The summed E-state index contributed by atoms with van der Waals surface area (Å²) in [5, 5.41) is 9.32. The van der Waals surface area contributed by atoms with Crippen LogP contribution in [-0.2, 0) is 21.2 Å². The van der Waals surface area contributed by atoms with Gasteiger partial charge in [0.25, 0.3) is 10.0 Å². The quantitative estimate of drug-likeness (QED) is 0.735. The second-order valence-electron chi connectivity index (χ2n) is 4.91. The molecule has 0 saturated heterocycles. The highest BCUT2D eigenvalue weighted by Crippen LogP contribution is 2.19. The second kappa shape index (κ2) is 6.99. The summed E-state index contributed by atoms with van der Waals surface area (Å²) in [6, 6.07) is 11.1. The lowest BCUT2D eigenvalue weighted by Gasteiger charge is -2.11. The third-order valence-electron chi connectivity index (χ3n) is 3.08. The summed E-state index contributed by atoms with van der Waals surface area (Å²) in [5.41, 5.74) is 6.37. The molecule has 4 N–H and O–H groups in total. The number of carboxylic acid groups (broad SMARTS) is 1. The number of sulfonamides is 1. The van der Waals surface area contributed by atoms with E-state index in [1.165, 1.54) is 12.1 Å². The molecule has 2 rings (SSSR count). The van der Waals surface area contributed by atoms with Crippen molar-refractivity contribution in [3.05, 3.63) is 59.1 Å². The van der Waals surface area contributed by atoms with E-state index in [-0.39, 0.29) is 11.3 Å². The maximum absolute atomic E-state index is 12.4. The lowest BCUT2D eigenvalue weighted by molar-refractivity contribution is -0.138. The molecule has 2 aromatic carbocycles. The number of hydrogen-bond acceptors (Lipinski definition) is 4. The van der Waals surface area contributed by atoms with Crippen molar-refractivity contribution in [2.45, 2.75) is 17.4 Å². The molecule has 122 valence electrons. The molecule has 0 aliphatic carbocycles. The molecule has 6 nitrogen and oxygen atoms in total. The minimum atomic E-state index is -3.79. The highest BCUT2D eigenvalue weighted by molar-refractivity contribution is 7.92. The van der Waals surface area contributed by atoms with Crippen LogP contribution in [0.4, 0.5) is 5.69 Å². The van der Waals surface area contributed by atoms with Crippen molar-refractivity contribution in [1.29, 1.82) is 0 Å². The average molecular weight is 355 g/mol. The van der Waals surface area contributed by atoms with Crippen LogP contribution in [0.5, 0.6) is 0 Å². The van der Waals surface area contributed by atoms with Crippen LogP contribution in [0.2, 0.25) is 5.02 Å². The van der Waals surface area contributed by atoms with Crippen LogP contribution < -0.4 is 10.5 Å². The molecule has 0 aliphatic heterocycles. The monoisotopic (exact) mass is 354 g/mol. The first-order valence-electron chi connectivity index (χ1n) is 6.63. The van der Waals surface area contributed by atoms with Gasteiger partial charge in [-0.2, -0.15) is 0 Å².